The lowest BCUT2D eigenvalue weighted by Gasteiger charge is -2.12. The monoisotopic (exact) mass is 446 g/mol. The van der Waals surface area contributed by atoms with Crippen LogP contribution in [0.1, 0.15) is 90.0 Å². The first-order valence-corrected chi connectivity index (χ1v) is 12.4. The van der Waals surface area contributed by atoms with Gasteiger partial charge in [0.05, 0.1) is 6.17 Å². The zero-order chi connectivity index (χ0) is 23.0. The molecule has 2 aromatic rings. The van der Waals surface area contributed by atoms with Crippen molar-refractivity contribution in [2.45, 2.75) is 103 Å². The molecule has 2 atom stereocenters. The molecule has 5 heteroatoms. The van der Waals surface area contributed by atoms with Crippen LogP contribution in [0.15, 0.2) is 36.7 Å². The molecule has 1 heterocycles. The van der Waals surface area contributed by atoms with Gasteiger partial charge in [-0.2, -0.15) is 0 Å². The summed E-state index contributed by atoms with van der Waals surface area (Å²) in [5.41, 5.74) is 2.07. The van der Waals surface area contributed by atoms with Crippen molar-refractivity contribution in [2.75, 3.05) is 6.61 Å². The minimum Gasteiger partial charge on any atom is -0.491 e. The maximum atomic E-state index is 13.8. The number of benzene rings is 1. The SMILES string of the molecule is CCCCCCCCCCc1cnc(-c2ccc(OCC(F)CCC(F)CC)cc2)nc1. The number of halogens is 2. The van der Waals surface area contributed by atoms with E-state index in [9.17, 15) is 8.78 Å². The Morgan fingerprint density at radius 1 is 0.781 bits per heavy atom. The van der Waals surface area contributed by atoms with Crippen LogP contribution in [-0.2, 0) is 6.42 Å². The molecule has 1 aromatic carbocycles. The molecule has 1 aromatic heterocycles. The smallest absolute Gasteiger partial charge is 0.159 e. The van der Waals surface area contributed by atoms with Crippen molar-refractivity contribution in [3.05, 3.63) is 42.2 Å². The number of aromatic nitrogens is 2. The fraction of sp³-hybridized carbons (Fsp3) is 0.630. The van der Waals surface area contributed by atoms with E-state index in [0.717, 1.165) is 12.0 Å². The van der Waals surface area contributed by atoms with Gasteiger partial charge in [-0.25, -0.2) is 18.7 Å². The van der Waals surface area contributed by atoms with E-state index in [2.05, 4.69) is 16.9 Å². The second-order valence-electron chi connectivity index (χ2n) is 8.66. The quantitative estimate of drug-likeness (QED) is 0.230. The topological polar surface area (TPSA) is 35.0 Å². The van der Waals surface area contributed by atoms with Crippen LogP contribution < -0.4 is 4.74 Å². The van der Waals surface area contributed by atoms with E-state index in [-0.39, 0.29) is 19.4 Å². The number of unbranched alkanes of at least 4 members (excludes halogenated alkanes) is 7. The molecular weight excluding hydrogens is 406 g/mol. The fourth-order valence-corrected chi connectivity index (χ4v) is 3.63. The van der Waals surface area contributed by atoms with Crippen LogP contribution in [-0.4, -0.2) is 28.9 Å². The van der Waals surface area contributed by atoms with Gasteiger partial charge in [-0.15, -0.1) is 0 Å². The van der Waals surface area contributed by atoms with Crippen molar-refractivity contribution in [3.8, 4) is 17.1 Å². The molecular formula is C27H40F2N2O. The van der Waals surface area contributed by atoms with Crippen molar-refractivity contribution in [2.24, 2.45) is 0 Å². The molecule has 0 radical (unpaired) electrons. The van der Waals surface area contributed by atoms with E-state index in [1.165, 1.54) is 56.9 Å². The number of ether oxygens (including phenoxy) is 1. The van der Waals surface area contributed by atoms with Gasteiger partial charge in [-0.1, -0.05) is 58.8 Å². The van der Waals surface area contributed by atoms with Crippen molar-refractivity contribution in [1.29, 1.82) is 0 Å². The highest BCUT2D eigenvalue weighted by molar-refractivity contribution is 5.55. The zero-order valence-corrected chi connectivity index (χ0v) is 19.9. The van der Waals surface area contributed by atoms with Crippen LogP contribution in [0.3, 0.4) is 0 Å². The molecule has 3 nitrogen and oxygen atoms in total. The summed E-state index contributed by atoms with van der Waals surface area (Å²) in [6, 6.07) is 7.35. The zero-order valence-electron chi connectivity index (χ0n) is 19.9. The number of rotatable bonds is 17. The third-order valence-corrected chi connectivity index (χ3v) is 5.80. The summed E-state index contributed by atoms with van der Waals surface area (Å²) in [6.45, 7) is 3.96. The summed E-state index contributed by atoms with van der Waals surface area (Å²) in [7, 11) is 0. The minimum atomic E-state index is -1.16. The Labute approximate surface area is 193 Å². The van der Waals surface area contributed by atoms with Gasteiger partial charge in [0, 0.05) is 18.0 Å². The van der Waals surface area contributed by atoms with E-state index in [1.54, 1.807) is 19.1 Å². The fourth-order valence-electron chi connectivity index (χ4n) is 3.63. The first-order chi connectivity index (χ1) is 15.6. The Bertz CT molecular complexity index is 721. The van der Waals surface area contributed by atoms with Crippen LogP contribution in [0, 0.1) is 0 Å². The number of aryl methyl sites for hydroxylation is 1. The van der Waals surface area contributed by atoms with Crippen LogP contribution in [0.4, 0.5) is 8.78 Å². The standard InChI is InChI=1S/C27H40F2N2O/c1-3-5-6-7-8-9-10-11-12-22-19-30-27(31-20-22)23-13-17-26(18-14-23)32-21-25(29)16-15-24(28)4-2/h13-14,17-20,24-25H,3-12,15-16,21H2,1-2H3. The second-order valence-corrected chi connectivity index (χ2v) is 8.66. The lowest BCUT2D eigenvalue weighted by molar-refractivity contribution is 0.170. The maximum absolute atomic E-state index is 13.8. The molecule has 0 bridgehead atoms. The molecule has 0 amide bonds. The van der Waals surface area contributed by atoms with E-state index in [1.807, 2.05) is 24.5 Å². The van der Waals surface area contributed by atoms with Gasteiger partial charge >= 0.3 is 0 Å². The summed E-state index contributed by atoms with van der Waals surface area (Å²) in [5.74, 6) is 1.27. The summed E-state index contributed by atoms with van der Waals surface area (Å²) >= 11 is 0. The Balaban J connectivity index is 1.69. The van der Waals surface area contributed by atoms with Gasteiger partial charge in [0.2, 0.25) is 0 Å². The Hall–Kier alpha value is -2.04. The Kier molecular flexibility index (Phi) is 12.9. The van der Waals surface area contributed by atoms with Crippen molar-refractivity contribution >= 4 is 0 Å². The van der Waals surface area contributed by atoms with Crippen LogP contribution >= 0.6 is 0 Å². The third kappa shape index (κ3) is 10.5. The van der Waals surface area contributed by atoms with Crippen LogP contribution in [0.25, 0.3) is 11.4 Å². The van der Waals surface area contributed by atoms with Crippen molar-refractivity contribution in [3.63, 3.8) is 0 Å². The molecule has 2 unspecified atom stereocenters. The molecule has 0 aliphatic heterocycles. The molecule has 2 rings (SSSR count). The van der Waals surface area contributed by atoms with E-state index in [4.69, 9.17) is 4.74 Å². The average molecular weight is 447 g/mol. The minimum absolute atomic E-state index is 0.0558. The highest BCUT2D eigenvalue weighted by Crippen LogP contribution is 2.20. The lowest BCUT2D eigenvalue weighted by Crippen LogP contribution is -2.14. The normalized spacial score (nSPS) is 13.1. The molecule has 0 aliphatic carbocycles. The first kappa shape index (κ1) is 26.2. The Morgan fingerprint density at radius 2 is 1.38 bits per heavy atom. The number of nitrogens with zero attached hydrogens (tertiary/aromatic N) is 2. The summed E-state index contributed by atoms with van der Waals surface area (Å²) in [4.78, 5) is 9.01. The van der Waals surface area contributed by atoms with Gasteiger partial charge < -0.3 is 4.74 Å². The summed E-state index contributed by atoms with van der Waals surface area (Å²) in [5, 5.41) is 0. The maximum Gasteiger partial charge on any atom is 0.159 e. The summed E-state index contributed by atoms with van der Waals surface area (Å²) in [6.07, 6.45) is 14.1. The molecule has 0 N–H and O–H groups in total. The number of alkyl halides is 2. The van der Waals surface area contributed by atoms with E-state index in [0.29, 0.717) is 18.0 Å². The number of hydrogen-bond acceptors (Lipinski definition) is 3. The molecule has 0 saturated carbocycles. The van der Waals surface area contributed by atoms with Gasteiger partial charge in [-0.05, 0) is 61.9 Å². The molecule has 0 spiro atoms. The van der Waals surface area contributed by atoms with Crippen LogP contribution in [0.5, 0.6) is 5.75 Å². The van der Waals surface area contributed by atoms with E-state index >= 15 is 0 Å². The van der Waals surface area contributed by atoms with Gasteiger partial charge in [0.1, 0.15) is 18.5 Å². The lowest BCUT2D eigenvalue weighted by atomic mass is 10.1. The average Bonchev–Trinajstić information content (AvgIpc) is 2.83. The highest BCUT2D eigenvalue weighted by atomic mass is 19.1. The van der Waals surface area contributed by atoms with E-state index < -0.39 is 12.3 Å². The molecule has 0 saturated heterocycles. The van der Waals surface area contributed by atoms with Crippen molar-refractivity contribution in [1.82, 2.24) is 9.97 Å². The molecule has 0 fully saturated rings. The predicted octanol–water partition coefficient (Wildman–Crippen LogP) is 8.07. The second kappa shape index (κ2) is 15.7. The van der Waals surface area contributed by atoms with Gasteiger partial charge in [-0.3, -0.25) is 0 Å². The third-order valence-electron chi connectivity index (χ3n) is 5.80. The van der Waals surface area contributed by atoms with Gasteiger partial charge in [0.25, 0.3) is 0 Å². The van der Waals surface area contributed by atoms with Crippen LogP contribution in [0.2, 0.25) is 0 Å². The molecule has 0 aliphatic rings. The molecule has 32 heavy (non-hydrogen) atoms. The van der Waals surface area contributed by atoms with Gasteiger partial charge in [0.15, 0.2) is 5.82 Å². The Morgan fingerprint density at radius 3 is 2.00 bits per heavy atom. The van der Waals surface area contributed by atoms with Crippen molar-refractivity contribution < 1.29 is 13.5 Å². The summed E-state index contributed by atoms with van der Waals surface area (Å²) < 4.78 is 32.6. The molecule has 178 valence electrons. The first-order valence-electron chi connectivity index (χ1n) is 12.4. The largest absolute Gasteiger partial charge is 0.491 e. The number of hydrogen-bond donors (Lipinski definition) is 0. The predicted molar refractivity (Wildman–Crippen MR) is 129 cm³/mol. The highest BCUT2D eigenvalue weighted by Gasteiger charge is 2.12.